The lowest BCUT2D eigenvalue weighted by Gasteiger charge is -2.16. The first-order valence-corrected chi connectivity index (χ1v) is 9.81. The molecule has 6 heteroatoms. The Morgan fingerprint density at radius 2 is 1.35 bits per heavy atom. The Balaban J connectivity index is 1.82. The van der Waals surface area contributed by atoms with Crippen LogP contribution in [0.25, 0.3) is 0 Å². The van der Waals surface area contributed by atoms with E-state index in [1.165, 1.54) is 0 Å². The second kappa shape index (κ2) is 11.0. The summed E-state index contributed by atoms with van der Waals surface area (Å²) in [4.78, 5) is 10.6. The Bertz CT molecular complexity index is 1080. The van der Waals surface area contributed by atoms with Gasteiger partial charge in [-0.1, -0.05) is 41.8 Å². The van der Waals surface area contributed by atoms with Crippen molar-refractivity contribution in [3.8, 4) is 34.8 Å². The molecule has 0 saturated carbocycles. The summed E-state index contributed by atoms with van der Waals surface area (Å²) in [6, 6.07) is 18.5. The van der Waals surface area contributed by atoms with Gasteiger partial charge in [0.05, 0.1) is 14.2 Å². The van der Waals surface area contributed by atoms with E-state index in [0.717, 1.165) is 22.6 Å². The van der Waals surface area contributed by atoms with E-state index in [4.69, 9.17) is 30.5 Å². The topological polar surface area (TPSA) is 54.0 Å². The molecule has 158 valence electrons. The summed E-state index contributed by atoms with van der Waals surface area (Å²) in [7, 11) is 3.23. The molecule has 0 atom stereocenters. The fraction of sp³-hybridized carbons (Fsp3) is 0.160. The van der Waals surface area contributed by atoms with Gasteiger partial charge >= 0.3 is 0 Å². The van der Waals surface area contributed by atoms with E-state index in [9.17, 15) is 4.79 Å². The van der Waals surface area contributed by atoms with Gasteiger partial charge < -0.3 is 18.9 Å². The average Bonchev–Trinajstić information content (AvgIpc) is 2.82. The molecule has 3 rings (SSSR count). The van der Waals surface area contributed by atoms with Crippen LogP contribution in [0.5, 0.6) is 23.0 Å². The zero-order valence-corrected chi connectivity index (χ0v) is 17.9. The summed E-state index contributed by atoms with van der Waals surface area (Å²) in [5, 5.41) is 0.287. The van der Waals surface area contributed by atoms with Gasteiger partial charge in [-0.2, -0.15) is 0 Å². The van der Waals surface area contributed by atoms with E-state index < -0.39 is 0 Å². The van der Waals surface area contributed by atoms with Crippen LogP contribution < -0.4 is 18.9 Å². The highest BCUT2D eigenvalue weighted by atomic mass is 35.5. The van der Waals surface area contributed by atoms with Crippen molar-refractivity contribution in [3.05, 3.63) is 82.4 Å². The van der Waals surface area contributed by atoms with E-state index in [1.807, 2.05) is 48.5 Å². The Hall–Kier alpha value is -3.62. The number of ether oxygens (including phenoxy) is 4. The van der Waals surface area contributed by atoms with Gasteiger partial charge in [0.1, 0.15) is 29.7 Å². The highest BCUT2D eigenvalue weighted by molar-refractivity contribution is 6.33. The highest BCUT2D eigenvalue weighted by Gasteiger charge is 2.15. The smallest absolute Gasteiger partial charge is 0.193 e. The molecule has 0 heterocycles. The maximum atomic E-state index is 10.6. The maximum absolute atomic E-state index is 10.6. The molecule has 0 aromatic heterocycles. The fourth-order valence-electron chi connectivity index (χ4n) is 2.75. The molecule has 0 aliphatic heterocycles. The minimum atomic E-state index is 0.271. The number of aldehydes is 1. The lowest BCUT2D eigenvalue weighted by atomic mass is 10.2. The van der Waals surface area contributed by atoms with Gasteiger partial charge in [0, 0.05) is 5.56 Å². The summed E-state index contributed by atoms with van der Waals surface area (Å²) in [5.74, 6) is 7.46. The number of benzene rings is 3. The predicted octanol–water partition coefficient (Wildman–Crippen LogP) is 5.07. The zero-order valence-electron chi connectivity index (χ0n) is 17.2. The van der Waals surface area contributed by atoms with Crippen LogP contribution in [0.3, 0.4) is 0 Å². The number of carbonyl (C=O) groups is 1. The predicted molar refractivity (Wildman–Crippen MR) is 119 cm³/mol. The van der Waals surface area contributed by atoms with Crippen LogP contribution in [0, 0.1) is 11.8 Å². The number of methoxy groups -OCH3 is 2. The van der Waals surface area contributed by atoms with Crippen LogP contribution in [0.15, 0.2) is 60.7 Å². The van der Waals surface area contributed by atoms with E-state index in [0.29, 0.717) is 30.0 Å². The Morgan fingerprint density at radius 3 is 1.87 bits per heavy atom. The van der Waals surface area contributed by atoms with Gasteiger partial charge in [-0.25, -0.2) is 0 Å². The lowest BCUT2D eigenvalue weighted by molar-refractivity contribution is -0.103. The summed E-state index contributed by atoms with van der Waals surface area (Å²) in [6.07, 6.45) is 0.516. The third kappa shape index (κ3) is 5.94. The quantitative estimate of drug-likeness (QED) is 0.364. The van der Waals surface area contributed by atoms with Gasteiger partial charge in [-0.3, -0.25) is 4.79 Å². The van der Waals surface area contributed by atoms with Crippen molar-refractivity contribution in [1.82, 2.24) is 0 Å². The molecule has 5 nitrogen and oxygen atoms in total. The van der Waals surface area contributed by atoms with E-state index in [1.54, 1.807) is 26.4 Å². The maximum Gasteiger partial charge on any atom is 0.193 e. The first kappa shape index (κ1) is 22.1. The molecule has 31 heavy (non-hydrogen) atoms. The molecule has 0 fully saturated rings. The van der Waals surface area contributed by atoms with Crippen LogP contribution in [0.2, 0.25) is 5.02 Å². The van der Waals surface area contributed by atoms with Crippen LogP contribution >= 0.6 is 11.6 Å². The molecule has 3 aromatic carbocycles. The monoisotopic (exact) mass is 436 g/mol. The second-order valence-electron chi connectivity index (χ2n) is 6.42. The molecule has 0 N–H and O–H groups in total. The lowest BCUT2D eigenvalue weighted by Crippen LogP contribution is -2.02. The van der Waals surface area contributed by atoms with Crippen molar-refractivity contribution < 1.29 is 23.7 Å². The summed E-state index contributed by atoms with van der Waals surface area (Å²) >= 11 is 6.52. The summed E-state index contributed by atoms with van der Waals surface area (Å²) < 4.78 is 22.3. The minimum Gasteiger partial charge on any atom is -0.497 e. The van der Waals surface area contributed by atoms with Gasteiger partial charge in [-0.15, -0.1) is 0 Å². The first-order chi connectivity index (χ1) is 15.1. The zero-order chi connectivity index (χ0) is 22.1. The molecule has 0 bridgehead atoms. The Labute approximate surface area is 186 Å². The standard InChI is InChI=1S/C25H21ClO5/c1-28-21-10-5-18(6-11-21)16-30-23-14-9-20(4-3-15-27)24(26)25(23)31-17-19-7-12-22(29-2)13-8-19/h5-15H,16-17H2,1-2H3. The fourth-order valence-corrected chi connectivity index (χ4v) is 3.01. The van der Waals surface area contributed by atoms with Gasteiger partial charge in [0.2, 0.25) is 0 Å². The molecule has 0 aliphatic rings. The van der Waals surface area contributed by atoms with E-state index in [2.05, 4.69) is 11.8 Å². The van der Waals surface area contributed by atoms with Crippen molar-refractivity contribution in [3.63, 3.8) is 0 Å². The largest absolute Gasteiger partial charge is 0.497 e. The number of carbonyl (C=O) groups excluding carboxylic acids is 1. The van der Waals surface area contributed by atoms with Gasteiger partial charge in [0.15, 0.2) is 17.8 Å². The minimum absolute atomic E-state index is 0.271. The van der Waals surface area contributed by atoms with Crippen molar-refractivity contribution in [2.24, 2.45) is 0 Å². The van der Waals surface area contributed by atoms with Crippen molar-refractivity contribution in [2.45, 2.75) is 13.2 Å². The van der Waals surface area contributed by atoms with Gasteiger partial charge in [0.25, 0.3) is 0 Å². The van der Waals surface area contributed by atoms with Crippen molar-refractivity contribution in [2.75, 3.05) is 14.2 Å². The normalized spacial score (nSPS) is 9.90. The van der Waals surface area contributed by atoms with Gasteiger partial charge in [-0.05, 0) is 53.4 Å². The molecule has 0 aliphatic carbocycles. The van der Waals surface area contributed by atoms with E-state index >= 15 is 0 Å². The molecular weight excluding hydrogens is 416 g/mol. The first-order valence-electron chi connectivity index (χ1n) is 9.43. The SMILES string of the molecule is COc1ccc(COc2ccc(C#CC=O)c(Cl)c2OCc2ccc(OC)cc2)cc1. The molecule has 3 aromatic rings. The highest BCUT2D eigenvalue weighted by Crippen LogP contribution is 2.38. The number of rotatable bonds is 8. The average molecular weight is 437 g/mol. The molecular formula is C25H21ClO5. The molecule has 0 unspecified atom stereocenters. The third-order valence-electron chi connectivity index (χ3n) is 4.42. The third-order valence-corrected chi connectivity index (χ3v) is 4.80. The molecule has 0 amide bonds. The van der Waals surface area contributed by atoms with Crippen LogP contribution in [0.1, 0.15) is 16.7 Å². The number of halogens is 1. The summed E-state index contributed by atoms with van der Waals surface area (Å²) in [6.45, 7) is 0.589. The summed E-state index contributed by atoms with van der Waals surface area (Å²) in [5.41, 5.74) is 2.38. The Morgan fingerprint density at radius 1 is 0.806 bits per heavy atom. The van der Waals surface area contributed by atoms with E-state index in [-0.39, 0.29) is 11.6 Å². The molecule has 0 saturated heterocycles. The second-order valence-corrected chi connectivity index (χ2v) is 6.79. The van der Waals surface area contributed by atoms with Crippen LogP contribution in [0.4, 0.5) is 0 Å². The molecule has 0 spiro atoms. The number of hydrogen-bond acceptors (Lipinski definition) is 5. The van der Waals surface area contributed by atoms with Crippen LogP contribution in [-0.2, 0) is 18.0 Å². The van der Waals surface area contributed by atoms with Crippen LogP contribution in [-0.4, -0.2) is 20.5 Å². The Kier molecular flexibility index (Phi) is 7.80. The molecule has 0 radical (unpaired) electrons. The number of hydrogen-bond donors (Lipinski definition) is 0. The van der Waals surface area contributed by atoms with Crippen molar-refractivity contribution in [1.29, 1.82) is 0 Å². The van der Waals surface area contributed by atoms with Crippen molar-refractivity contribution >= 4 is 17.9 Å².